The van der Waals surface area contributed by atoms with E-state index in [1.807, 2.05) is 0 Å². The molecule has 2 aromatic rings. The summed E-state index contributed by atoms with van der Waals surface area (Å²) >= 11 is 0. The van der Waals surface area contributed by atoms with Crippen LogP contribution in [0.3, 0.4) is 0 Å². The van der Waals surface area contributed by atoms with Gasteiger partial charge in [0.1, 0.15) is 5.82 Å². The maximum atomic E-state index is 13.1. The minimum absolute atomic E-state index is 0.0420. The van der Waals surface area contributed by atoms with E-state index in [-0.39, 0.29) is 10.6 Å². The van der Waals surface area contributed by atoms with Crippen LogP contribution in [-0.2, 0) is 10.0 Å². The lowest BCUT2D eigenvalue weighted by Crippen LogP contribution is -2.13. The maximum absolute atomic E-state index is 13.1. The van der Waals surface area contributed by atoms with Crippen LogP contribution in [-0.4, -0.2) is 13.5 Å². The average molecular weight is 285 g/mol. The van der Waals surface area contributed by atoms with E-state index in [9.17, 15) is 17.2 Å². The highest BCUT2D eigenvalue weighted by atomic mass is 32.2. The summed E-state index contributed by atoms with van der Waals surface area (Å²) in [6, 6.07) is 7.27. The van der Waals surface area contributed by atoms with Crippen LogP contribution in [0.4, 0.5) is 14.5 Å². The van der Waals surface area contributed by atoms with E-state index in [0.717, 1.165) is 36.4 Å². The first-order valence-electron chi connectivity index (χ1n) is 5.15. The number of nitrogens with one attached hydrogen (secondary N) is 1. The highest BCUT2D eigenvalue weighted by Gasteiger charge is 2.15. The molecular formula is C12H9F2NO3S. The molecule has 2 rings (SSSR count). The number of sulfonamides is 1. The summed E-state index contributed by atoms with van der Waals surface area (Å²) in [4.78, 5) is -0.151. The minimum atomic E-state index is -3.92. The Morgan fingerprint density at radius 2 is 1.63 bits per heavy atom. The van der Waals surface area contributed by atoms with Crippen LogP contribution in [0.2, 0.25) is 0 Å². The van der Waals surface area contributed by atoms with Gasteiger partial charge in [-0.25, -0.2) is 17.2 Å². The van der Waals surface area contributed by atoms with Gasteiger partial charge in [-0.15, -0.1) is 0 Å². The van der Waals surface area contributed by atoms with Crippen LogP contribution in [0.25, 0.3) is 0 Å². The third-order valence-electron chi connectivity index (χ3n) is 2.32. The third-order valence-corrected chi connectivity index (χ3v) is 3.72. The van der Waals surface area contributed by atoms with Gasteiger partial charge in [0, 0.05) is 6.07 Å². The first kappa shape index (κ1) is 13.3. The second-order valence-corrected chi connectivity index (χ2v) is 5.41. The number of hydrogen-bond acceptors (Lipinski definition) is 3. The monoisotopic (exact) mass is 285 g/mol. The van der Waals surface area contributed by atoms with Gasteiger partial charge < -0.3 is 5.11 Å². The number of hydrogen-bond donors (Lipinski definition) is 2. The molecule has 0 spiro atoms. The summed E-state index contributed by atoms with van der Waals surface area (Å²) < 4.78 is 51.7. The normalized spacial score (nSPS) is 11.3. The van der Waals surface area contributed by atoms with Gasteiger partial charge in [-0.05, 0) is 36.4 Å². The van der Waals surface area contributed by atoms with Crippen LogP contribution in [0.1, 0.15) is 0 Å². The fraction of sp³-hybridized carbons (Fsp3) is 0. The number of anilines is 1. The fourth-order valence-corrected chi connectivity index (χ4v) is 2.45. The molecule has 0 saturated heterocycles. The van der Waals surface area contributed by atoms with Gasteiger partial charge in [-0.3, -0.25) is 4.72 Å². The Kier molecular flexibility index (Phi) is 3.39. The lowest BCUT2D eigenvalue weighted by Gasteiger charge is -2.08. The summed E-state index contributed by atoms with van der Waals surface area (Å²) in [5.74, 6) is -2.08. The lowest BCUT2D eigenvalue weighted by atomic mass is 10.3. The topological polar surface area (TPSA) is 66.4 Å². The summed E-state index contributed by atoms with van der Waals surface area (Å²) in [6.45, 7) is 0. The van der Waals surface area contributed by atoms with Crippen molar-refractivity contribution in [2.24, 2.45) is 0 Å². The molecule has 0 unspecified atom stereocenters. The molecule has 2 N–H and O–H groups in total. The third kappa shape index (κ3) is 3.00. The SMILES string of the molecule is O=S(=O)(Nc1ccc(O)c(F)c1)c1ccc(F)cc1. The number of phenols is 1. The van der Waals surface area contributed by atoms with E-state index in [4.69, 9.17) is 5.11 Å². The first-order chi connectivity index (χ1) is 8.88. The van der Waals surface area contributed by atoms with Crippen molar-refractivity contribution in [3.63, 3.8) is 0 Å². The van der Waals surface area contributed by atoms with E-state index < -0.39 is 27.4 Å². The smallest absolute Gasteiger partial charge is 0.261 e. The molecule has 19 heavy (non-hydrogen) atoms. The number of halogens is 2. The maximum Gasteiger partial charge on any atom is 0.261 e. The largest absolute Gasteiger partial charge is 0.505 e. The van der Waals surface area contributed by atoms with E-state index in [1.165, 1.54) is 6.07 Å². The average Bonchev–Trinajstić information content (AvgIpc) is 2.34. The highest BCUT2D eigenvalue weighted by molar-refractivity contribution is 7.92. The number of rotatable bonds is 3. The number of phenolic OH excluding ortho intramolecular Hbond substituents is 1. The predicted molar refractivity (Wildman–Crippen MR) is 65.3 cm³/mol. The Balaban J connectivity index is 2.30. The number of aromatic hydroxyl groups is 1. The molecule has 0 aromatic heterocycles. The van der Waals surface area contributed by atoms with Crippen LogP contribution < -0.4 is 4.72 Å². The molecule has 0 aliphatic heterocycles. The molecule has 0 radical (unpaired) electrons. The molecule has 0 amide bonds. The molecule has 0 bridgehead atoms. The fourth-order valence-electron chi connectivity index (χ4n) is 1.40. The molecule has 2 aromatic carbocycles. The van der Waals surface area contributed by atoms with Crippen molar-refractivity contribution in [3.8, 4) is 5.75 Å². The molecule has 7 heteroatoms. The molecule has 0 heterocycles. The van der Waals surface area contributed by atoms with Gasteiger partial charge in [0.2, 0.25) is 0 Å². The molecule has 0 aliphatic rings. The van der Waals surface area contributed by atoms with Gasteiger partial charge in [-0.2, -0.15) is 0 Å². The molecule has 0 atom stereocenters. The predicted octanol–water partition coefficient (Wildman–Crippen LogP) is 2.47. The second kappa shape index (κ2) is 4.85. The second-order valence-electron chi connectivity index (χ2n) is 3.73. The van der Waals surface area contributed by atoms with E-state index in [0.29, 0.717) is 0 Å². The van der Waals surface area contributed by atoms with Crippen molar-refractivity contribution in [2.75, 3.05) is 4.72 Å². The van der Waals surface area contributed by atoms with Crippen molar-refractivity contribution in [1.29, 1.82) is 0 Å². The summed E-state index contributed by atoms with van der Waals surface area (Å²) in [5, 5.41) is 9.00. The van der Waals surface area contributed by atoms with Gasteiger partial charge in [0.15, 0.2) is 11.6 Å². The van der Waals surface area contributed by atoms with Crippen molar-refractivity contribution < 1.29 is 22.3 Å². The van der Waals surface area contributed by atoms with Crippen LogP contribution >= 0.6 is 0 Å². The Morgan fingerprint density at radius 3 is 2.21 bits per heavy atom. The Morgan fingerprint density at radius 1 is 1.00 bits per heavy atom. The van der Waals surface area contributed by atoms with Gasteiger partial charge in [0.05, 0.1) is 10.6 Å². The molecular weight excluding hydrogens is 276 g/mol. The van der Waals surface area contributed by atoms with Gasteiger partial charge in [-0.1, -0.05) is 0 Å². The minimum Gasteiger partial charge on any atom is -0.505 e. The summed E-state index contributed by atoms with van der Waals surface area (Å²) in [7, 11) is -3.92. The zero-order valence-electron chi connectivity index (χ0n) is 9.47. The van der Waals surface area contributed by atoms with E-state index in [1.54, 1.807) is 0 Å². The van der Waals surface area contributed by atoms with Gasteiger partial charge >= 0.3 is 0 Å². The Hall–Kier alpha value is -2.15. The Labute approximate surface area is 108 Å². The molecule has 4 nitrogen and oxygen atoms in total. The molecule has 0 aliphatic carbocycles. The first-order valence-corrected chi connectivity index (χ1v) is 6.64. The quantitative estimate of drug-likeness (QED) is 0.851. The molecule has 100 valence electrons. The van der Waals surface area contributed by atoms with Crippen molar-refractivity contribution in [3.05, 3.63) is 54.1 Å². The Bertz CT molecular complexity index is 699. The zero-order valence-corrected chi connectivity index (χ0v) is 10.3. The number of benzene rings is 2. The standard InChI is InChI=1S/C12H9F2NO3S/c13-8-1-4-10(5-2-8)19(17,18)15-9-3-6-12(16)11(14)7-9/h1-7,15-16H. The highest BCUT2D eigenvalue weighted by Crippen LogP contribution is 2.22. The van der Waals surface area contributed by atoms with Crippen LogP contribution in [0.15, 0.2) is 47.4 Å². The van der Waals surface area contributed by atoms with E-state index >= 15 is 0 Å². The summed E-state index contributed by atoms with van der Waals surface area (Å²) in [5.41, 5.74) is -0.0420. The summed E-state index contributed by atoms with van der Waals surface area (Å²) in [6.07, 6.45) is 0. The van der Waals surface area contributed by atoms with Crippen molar-refractivity contribution in [2.45, 2.75) is 4.90 Å². The molecule has 0 saturated carbocycles. The zero-order chi connectivity index (χ0) is 14.0. The van der Waals surface area contributed by atoms with Crippen molar-refractivity contribution in [1.82, 2.24) is 0 Å². The van der Waals surface area contributed by atoms with Crippen LogP contribution in [0, 0.1) is 11.6 Å². The molecule has 0 fully saturated rings. The van der Waals surface area contributed by atoms with Crippen molar-refractivity contribution >= 4 is 15.7 Å². The lowest BCUT2D eigenvalue weighted by molar-refractivity contribution is 0.432. The van der Waals surface area contributed by atoms with E-state index in [2.05, 4.69) is 4.72 Å². The van der Waals surface area contributed by atoms with Gasteiger partial charge in [0.25, 0.3) is 10.0 Å². The van der Waals surface area contributed by atoms with Crippen LogP contribution in [0.5, 0.6) is 5.75 Å².